The van der Waals surface area contributed by atoms with E-state index in [-0.39, 0.29) is 23.3 Å². The van der Waals surface area contributed by atoms with Crippen LogP contribution in [-0.2, 0) is 6.42 Å². The zero-order chi connectivity index (χ0) is 13.8. The first-order valence-electron chi connectivity index (χ1n) is 6.19. The fraction of sp³-hybridized carbons (Fsp3) is 0.267. The summed E-state index contributed by atoms with van der Waals surface area (Å²) < 4.78 is 5.23. The second-order valence-electron chi connectivity index (χ2n) is 4.68. The first-order chi connectivity index (χ1) is 9.06. The highest BCUT2D eigenvalue weighted by molar-refractivity contribution is 5.97. The molecular formula is C15H17NO3. The summed E-state index contributed by atoms with van der Waals surface area (Å²) in [6.45, 7) is 3.76. The van der Waals surface area contributed by atoms with Crippen LogP contribution in [0.25, 0.3) is 0 Å². The van der Waals surface area contributed by atoms with Crippen molar-refractivity contribution in [1.82, 2.24) is 5.32 Å². The number of nitrogens with one attached hydrogen (secondary N) is 1. The fourth-order valence-corrected chi connectivity index (χ4v) is 1.92. The molecule has 0 saturated carbocycles. The molecule has 0 radical (unpaired) electrons. The SMILES string of the molecule is Cc1ccc(C(=O)NC(C)Cc2ccco2)c(O)c1. The molecule has 0 fully saturated rings. The number of hydrogen-bond acceptors (Lipinski definition) is 3. The molecule has 2 aromatic rings. The summed E-state index contributed by atoms with van der Waals surface area (Å²) in [5.41, 5.74) is 1.20. The molecule has 19 heavy (non-hydrogen) atoms. The second kappa shape index (κ2) is 5.61. The summed E-state index contributed by atoms with van der Waals surface area (Å²) in [5.74, 6) is 0.542. The molecule has 4 heteroatoms. The Morgan fingerprint density at radius 3 is 2.84 bits per heavy atom. The van der Waals surface area contributed by atoms with Crippen molar-refractivity contribution in [2.75, 3.05) is 0 Å². The third-order valence-corrected chi connectivity index (χ3v) is 2.86. The minimum Gasteiger partial charge on any atom is -0.507 e. The zero-order valence-corrected chi connectivity index (χ0v) is 11.0. The van der Waals surface area contributed by atoms with Gasteiger partial charge in [-0.25, -0.2) is 0 Å². The lowest BCUT2D eigenvalue weighted by Crippen LogP contribution is -2.34. The van der Waals surface area contributed by atoms with Gasteiger partial charge in [-0.05, 0) is 43.7 Å². The minimum atomic E-state index is -0.281. The van der Waals surface area contributed by atoms with Crippen LogP contribution in [0.4, 0.5) is 0 Å². The standard InChI is InChI=1S/C15H17NO3/c1-10-5-6-13(14(17)8-10)15(18)16-11(2)9-12-4-3-7-19-12/h3-8,11,17H,9H2,1-2H3,(H,16,18). The average Bonchev–Trinajstić information content (AvgIpc) is 2.81. The largest absolute Gasteiger partial charge is 0.507 e. The van der Waals surface area contributed by atoms with Gasteiger partial charge in [-0.2, -0.15) is 0 Å². The van der Waals surface area contributed by atoms with E-state index in [1.54, 1.807) is 24.5 Å². The van der Waals surface area contributed by atoms with Gasteiger partial charge in [0.15, 0.2) is 0 Å². The molecule has 2 rings (SSSR count). The molecule has 0 bridgehead atoms. The Morgan fingerprint density at radius 2 is 2.21 bits per heavy atom. The van der Waals surface area contributed by atoms with Crippen molar-refractivity contribution >= 4 is 5.91 Å². The number of amides is 1. The van der Waals surface area contributed by atoms with Crippen molar-refractivity contribution in [1.29, 1.82) is 0 Å². The molecule has 0 spiro atoms. The van der Waals surface area contributed by atoms with Crippen LogP contribution in [-0.4, -0.2) is 17.1 Å². The van der Waals surface area contributed by atoms with E-state index in [0.29, 0.717) is 6.42 Å². The summed E-state index contributed by atoms with van der Waals surface area (Å²) in [6, 6.07) is 8.61. The maximum Gasteiger partial charge on any atom is 0.255 e. The maximum absolute atomic E-state index is 12.0. The number of rotatable bonds is 4. The van der Waals surface area contributed by atoms with E-state index >= 15 is 0 Å². The lowest BCUT2D eigenvalue weighted by Gasteiger charge is -2.13. The first-order valence-corrected chi connectivity index (χ1v) is 6.19. The summed E-state index contributed by atoms with van der Waals surface area (Å²) >= 11 is 0. The van der Waals surface area contributed by atoms with Crippen LogP contribution >= 0.6 is 0 Å². The Hall–Kier alpha value is -2.23. The molecule has 4 nitrogen and oxygen atoms in total. The van der Waals surface area contributed by atoms with Crippen LogP contribution in [0, 0.1) is 6.92 Å². The van der Waals surface area contributed by atoms with Crippen molar-refractivity contribution in [3.63, 3.8) is 0 Å². The normalized spacial score (nSPS) is 12.1. The Kier molecular flexibility index (Phi) is 3.90. The predicted octanol–water partition coefficient (Wildman–Crippen LogP) is 2.65. The number of carbonyl (C=O) groups is 1. The lowest BCUT2D eigenvalue weighted by atomic mass is 10.1. The molecule has 100 valence electrons. The molecule has 0 saturated heterocycles. The van der Waals surface area contributed by atoms with Gasteiger partial charge in [0.2, 0.25) is 0 Å². The first kappa shape index (κ1) is 13.2. The van der Waals surface area contributed by atoms with Crippen LogP contribution in [0.2, 0.25) is 0 Å². The second-order valence-corrected chi connectivity index (χ2v) is 4.68. The van der Waals surface area contributed by atoms with E-state index in [9.17, 15) is 9.90 Å². The number of aryl methyl sites for hydroxylation is 1. The molecule has 1 atom stereocenters. The van der Waals surface area contributed by atoms with Crippen molar-refractivity contribution < 1.29 is 14.3 Å². The van der Waals surface area contributed by atoms with Gasteiger partial charge in [-0.1, -0.05) is 6.07 Å². The van der Waals surface area contributed by atoms with Gasteiger partial charge >= 0.3 is 0 Å². The van der Waals surface area contributed by atoms with E-state index < -0.39 is 0 Å². The van der Waals surface area contributed by atoms with E-state index in [4.69, 9.17) is 4.42 Å². The van der Waals surface area contributed by atoms with Crippen LogP contribution < -0.4 is 5.32 Å². The monoisotopic (exact) mass is 259 g/mol. The van der Waals surface area contributed by atoms with Gasteiger partial charge in [-0.3, -0.25) is 4.79 Å². The van der Waals surface area contributed by atoms with Crippen molar-refractivity contribution in [2.24, 2.45) is 0 Å². The molecule has 1 aromatic carbocycles. The third-order valence-electron chi connectivity index (χ3n) is 2.86. The van der Waals surface area contributed by atoms with E-state index in [0.717, 1.165) is 11.3 Å². The Morgan fingerprint density at radius 1 is 1.42 bits per heavy atom. The van der Waals surface area contributed by atoms with Crippen LogP contribution in [0.1, 0.15) is 28.6 Å². The molecule has 0 aliphatic carbocycles. The fourth-order valence-electron chi connectivity index (χ4n) is 1.92. The smallest absolute Gasteiger partial charge is 0.255 e. The molecule has 1 aromatic heterocycles. The summed E-state index contributed by atoms with van der Waals surface area (Å²) in [6.07, 6.45) is 2.22. The number of furan rings is 1. The van der Waals surface area contributed by atoms with Gasteiger partial charge in [0, 0.05) is 12.5 Å². The van der Waals surface area contributed by atoms with Gasteiger partial charge in [0.1, 0.15) is 11.5 Å². The van der Waals surface area contributed by atoms with Crippen LogP contribution in [0.5, 0.6) is 5.75 Å². The Balaban J connectivity index is 2.00. The number of hydrogen-bond donors (Lipinski definition) is 2. The summed E-state index contributed by atoms with van der Waals surface area (Å²) in [4.78, 5) is 12.0. The molecular weight excluding hydrogens is 242 g/mol. The molecule has 1 amide bonds. The Bertz CT molecular complexity index is 561. The van der Waals surface area contributed by atoms with E-state index in [1.807, 2.05) is 26.0 Å². The third kappa shape index (κ3) is 3.37. The maximum atomic E-state index is 12.0. The number of aromatic hydroxyl groups is 1. The lowest BCUT2D eigenvalue weighted by molar-refractivity contribution is 0.0936. The highest BCUT2D eigenvalue weighted by Gasteiger charge is 2.14. The Labute approximate surface area is 112 Å². The number of carbonyl (C=O) groups excluding carboxylic acids is 1. The van der Waals surface area contributed by atoms with E-state index in [2.05, 4.69) is 5.32 Å². The number of phenolic OH excluding ortho intramolecular Hbond substituents is 1. The summed E-state index contributed by atoms with van der Waals surface area (Å²) in [7, 11) is 0. The van der Waals surface area contributed by atoms with Crippen molar-refractivity contribution in [2.45, 2.75) is 26.3 Å². The topological polar surface area (TPSA) is 62.5 Å². The zero-order valence-electron chi connectivity index (χ0n) is 11.0. The molecule has 1 unspecified atom stereocenters. The van der Waals surface area contributed by atoms with Crippen LogP contribution in [0.3, 0.4) is 0 Å². The highest BCUT2D eigenvalue weighted by Crippen LogP contribution is 2.18. The summed E-state index contributed by atoms with van der Waals surface area (Å²) in [5, 5.41) is 12.6. The van der Waals surface area contributed by atoms with Gasteiger partial charge in [0.25, 0.3) is 5.91 Å². The highest BCUT2D eigenvalue weighted by atomic mass is 16.3. The number of benzene rings is 1. The van der Waals surface area contributed by atoms with Crippen molar-refractivity contribution in [3.05, 3.63) is 53.5 Å². The average molecular weight is 259 g/mol. The van der Waals surface area contributed by atoms with Gasteiger partial charge < -0.3 is 14.8 Å². The number of phenols is 1. The molecule has 0 aliphatic heterocycles. The van der Waals surface area contributed by atoms with Gasteiger partial charge in [-0.15, -0.1) is 0 Å². The molecule has 0 aliphatic rings. The predicted molar refractivity (Wildman–Crippen MR) is 72.2 cm³/mol. The quantitative estimate of drug-likeness (QED) is 0.887. The van der Waals surface area contributed by atoms with Crippen molar-refractivity contribution in [3.8, 4) is 5.75 Å². The van der Waals surface area contributed by atoms with E-state index in [1.165, 1.54) is 0 Å². The van der Waals surface area contributed by atoms with Gasteiger partial charge in [0.05, 0.1) is 11.8 Å². The molecule has 1 heterocycles. The van der Waals surface area contributed by atoms with Crippen LogP contribution in [0.15, 0.2) is 41.0 Å². The minimum absolute atomic E-state index is 0.00250. The molecule has 2 N–H and O–H groups in total.